The van der Waals surface area contributed by atoms with Crippen molar-refractivity contribution in [2.24, 2.45) is 4.99 Å². The molecule has 2 aromatic carbocycles. The molecule has 0 bridgehead atoms. The van der Waals surface area contributed by atoms with Gasteiger partial charge in [0, 0.05) is 16.9 Å². The van der Waals surface area contributed by atoms with E-state index in [1.165, 1.54) is 0 Å². The number of aliphatic hydroxyl groups is 1. The Morgan fingerprint density at radius 2 is 2.11 bits per heavy atom. The van der Waals surface area contributed by atoms with E-state index in [1.54, 1.807) is 36.5 Å². The summed E-state index contributed by atoms with van der Waals surface area (Å²) >= 11 is 5.97. The number of halogens is 1. The number of benzene rings is 2. The van der Waals surface area contributed by atoms with Gasteiger partial charge in [0.25, 0.3) is 0 Å². The Balaban J connectivity index is 1.74. The van der Waals surface area contributed by atoms with E-state index in [-0.39, 0.29) is 19.0 Å². The van der Waals surface area contributed by atoms with E-state index < -0.39 is 0 Å². The minimum atomic E-state index is -0.0368. The molecule has 0 saturated heterocycles. The molecule has 0 aliphatic carbocycles. The summed E-state index contributed by atoms with van der Waals surface area (Å²) in [5.74, 6) is 1.38. The zero-order valence-electron chi connectivity index (χ0n) is 14.2. The van der Waals surface area contributed by atoms with Gasteiger partial charge in [0.2, 0.25) is 0 Å². The third-order valence-corrected chi connectivity index (χ3v) is 3.76. The van der Waals surface area contributed by atoms with Gasteiger partial charge in [0.05, 0.1) is 6.61 Å². The molecule has 8 heteroatoms. The molecule has 0 amide bonds. The summed E-state index contributed by atoms with van der Waals surface area (Å²) in [6.45, 7) is 0.208. The molecule has 3 aromatic rings. The number of aromatic amines is 1. The van der Waals surface area contributed by atoms with Crippen molar-refractivity contribution in [1.82, 2.24) is 10.2 Å². The van der Waals surface area contributed by atoms with Crippen LogP contribution < -0.4 is 10.1 Å². The third kappa shape index (κ3) is 4.85. The van der Waals surface area contributed by atoms with Crippen LogP contribution in [-0.4, -0.2) is 34.7 Å². The van der Waals surface area contributed by atoms with Crippen LogP contribution in [0.5, 0.6) is 5.75 Å². The minimum Gasteiger partial charge on any atom is -0.491 e. The molecular formula is C19H16ClN5O2. The fourth-order valence-electron chi connectivity index (χ4n) is 2.28. The standard InChI is InChI=1S/C19H16ClN5O2/c20-14-2-1-3-15(10-14)23-19-17(11-21)18(24-25-19)22-12-13-4-6-16(7-5-13)27-9-8-26/h1-7,10,12,26H,8-9H2,(H2,23,24,25). The van der Waals surface area contributed by atoms with Gasteiger partial charge in [0.1, 0.15) is 29.8 Å². The van der Waals surface area contributed by atoms with Crippen molar-refractivity contribution in [1.29, 1.82) is 5.26 Å². The summed E-state index contributed by atoms with van der Waals surface area (Å²) in [6.07, 6.45) is 1.61. The van der Waals surface area contributed by atoms with E-state index in [9.17, 15) is 5.26 Å². The number of nitrogens with one attached hydrogen (secondary N) is 2. The first-order valence-corrected chi connectivity index (χ1v) is 8.46. The molecule has 3 rings (SSSR count). The molecule has 0 atom stereocenters. The molecule has 0 fully saturated rings. The number of hydrogen-bond donors (Lipinski definition) is 3. The van der Waals surface area contributed by atoms with Crippen LogP contribution in [0, 0.1) is 11.3 Å². The van der Waals surface area contributed by atoms with Gasteiger partial charge in [-0.1, -0.05) is 17.7 Å². The molecule has 0 aliphatic rings. The van der Waals surface area contributed by atoms with Gasteiger partial charge in [-0.25, -0.2) is 4.99 Å². The second-order valence-electron chi connectivity index (χ2n) is 5.44. The lowest BCUT2D eigenvalue weighted by molar-refractivity contribution is 0.201. The smallest absolute Gasteiger partial charge is 0.193 e. The number of nitrogens with zero attached hydrogens (tertiary/aromatic N) is 3. The van der Waals surface area contributed by atoms with Crippen LogP contribution >= 0.6 is 11.6 Å². The van der Waals surface area contributed by atoms with E-state index in [0.29, 0.717) is 22.2 Å². The second kappa shape index (κ2) is 8.85. The van der Waals surface area contributed by atoms with Gasteiger partial charge in [0.15, 0.2) is 5.82 Å². The van der Waals surface area contributed by atoms with Crippen molar-refractivity contribution >= 4 is 35.1 Å². The Bertz CT molecular complexity index is 977. The number of hydrogen-bond acceptors (Lipinski definition) is 6. The molecular weight excluding hydrogens is 366 g/mol. The van der Waals surface area contributed by atoms with Crippen LogP contribution in [0.4, 0.5) is 17.3 Å². The van der Waals surface area contributed by atoms with Crippen LogP contribution in [0.2, 0.25) is 5.02 Å². The number of anilines is 2. The van der Waals surface area contributed by atoms with Crippen molar-refractivity contribution in [2.45, 2.75) is 0 Å². The average molecular weight is 382 g/mol. The minimum absolute atomic E-state index is 0.0368. The monoisotopic (exact) mass is 381 g/mol. The van der Waals surface area contributed by atoms with Crippen LogP contribution in [0.15, 0.2) is 53.5 Å². The van der Waals surface area contributed by atoms with Gasteiger partial charge >= 0.3 is 0 Å². The summed E-state index contributed by atoms with van der Waals surface area (Å²) in [4.78, 5) is 4.28. The summed E-state index contributed by atoms with van der Waals surface area (Å²) in [5.41, 5.74) is 1.85. The number of aliphatic hydroxyl groups excluding tert-OH is 1. The fourth-order valence-corrected chi connectivity index (χ4v) is 2.47. The highest BCUT2D eigenvalue weighted by atomic mass is 35.5. The zero-order valence-corrected chi connectivity index (χ0v) is 14.9. The van der Waals surface area contributed by atoms with Crippen molar-refractivity contribution in [3.8, 4) is 11.8 Å². The predicted molar refractivity (Wildman–Crippen MR) is 104 cm³/mol. The maximum atomic E-state index is 9.45. The highest BCUT2D eigenvalue weighted by Crippen LogP contribution is 2.26. The van der Waals surface area contributed by atoms with Gasteiger partial charge in [-0.15, -0.1) is 0 Å². The first kappa shape index (κ1) is 18.5. The predicted octanol–water partition coefficient (Wildman–Crippen LogP) is 3.80. The number of rotatable bonds is 7. The molecule has 7 nitrogen and oxygen atoms in total. The quantitative estimate of drug-likeness (QED) is 0.540. The first-order valence-electron chi connectivity index (χ1n) is 8.08. The number of H-pyrrole nitrogens is 1. The summed E-state index contributed by atoms with van der Waals surface area (Å²) in [5, 5.41) is 28.7. The molecule has 1 heterocycles. The molecule has 27 heavy (non-hydrogen) atoms. The van der Waals surface area contributed by atoms with Crippen LogP contribution in [-0.2, 0) is 0 Å². The van der Waals surface area contributed by atoms with Crippen LogP contribution in [0.3, 0.4) is 0 Å². The summed E-state index contributed by atoms with van der Waals surface area (Å²) < 4.78 is 5.31. The van der Waals surface area contributed by atoms with Crippen LogP contribution in [0.25, 0.3) is 0 Å². The molecule has 0 saturated carbocycles. The van der Waals surface area contributed by atoms with E-state index in [0.717, 1.165) is 11.3 Å². The number of aliphatic imine (C=N–C) groups is 1. The maximum absolute atomic E-state index is 9.45. The van der Waals surface area contributed by atoms with Crippen LogP contribution in [0.1, 0.15) is 11.1 Å². The van der Waals surface area contributed by atoms with Gasteiger partial charge in [-0.3, -0.25) is 5.10 Å². The SMILES string of the molecule is N#Cc1c(N=Cc2ccc(OCCO)cc2)n[nH]c1Nc1cccc(Cl)c1. The van der Waals surface area contributed by atoms with E-state index >= 15 is 0 Å². The fraction of sp³-hybridized carbons (Fsp3) is 0.105. The molecule has 0 unspecified atom stereocenters. The third-order valence-electron chi connectivity index (χ3n) is 3.53. The normalized spacial score (nSPS) is 10.7. The lowest BCUT2D eigenvalue weighted by atomic mass is 10.2. The van der Waals surface area contributed by atoms with Gasteiger partial charge in [-0.05, 0) is 48.0 Å². The number of ether oxygens (including phenoxy) is 1. The largest absolute Gasteiger partial charge is 0.491 e. The Labute approximate surface area is 160 Å². The molecule has 136 valence electrons. The highest BCUT2D eigenvalue weighted by Gasteiger charge is 2.12. The van der Waals surface area contributed by atoms with Gasteiger partial charge < -0.3 is 15.2 Å². The lowest BCUT2D eigenvalue weighted by Gasteiger charge is -2.04. The van der Waals surface area contributed by atoms with Crippen molar-refractivity contribution in [3.05, 3.63) is 64.7 Å². The Hall–Kier alpha value is -3.34. The molecule has 0 spiro atoms. The second-order valence-corrected chi connectivity index (χ2v) is 5.88. The van der Waals surface area contributed by atoms with Gasteiger partial charge in [-0.2, -0.15) is 10.4 Å². The average Bonchev–Trinajstić information content (AvgIpc) is 3.07. The van der Waals surface area contributed by atoms with E-state index in [4.69, 9.17) is 21.4 Å². The molecule has 1 aromatic heterocycles. The highest BCUT2D eigenvalue weighted by molar-refractivity contribution is 6.30. The topological polar surface area (TPSA) is 106 Å². The molecule has 0 aliphatic heterocycles. The Morgan fingerprint density at radius 3 is 2.81 bits per heavy atom. The van der Waals surface area contributed by atoms with E-state index in [2.05, 4.69) is 26.6 Å². The van der Waals surface area contributed by atoms with E-state index in [1.807, 2.05) is 18.2 Å². The summed E-state index contributed by atoms with van der Waals surface area (Å²) in [7, 11) is 0. The Kier molecular flexibility index (Phi) is 6.05. The number of nitriles is 1. The Morgan fingerprint density at radius 1 is 1.30 bits per heavy atom. The summed E-state index contributed by atoms with van der Waals surface area (Å²) in [6, 6.07) is 16.4. The zero-order chi connectivity index (χ0) is 19.1. The maximum Gasteiger partial charge on any atom is 0.193 e. The van der Waals surface area contributed by atoms with Crippen molar-refractivity contribution in [2.75, 3.05) is 18.5 Å². The van der Waals surface area contributed by atoms with Crippen molar-refractivity contribution in [3.63, 3.8) is 0 Å². The number of aromatic nitrogens is 2. The molecule has 3 N–H and O–H groups in total. The lowest BCUT2D eigenvalue weighted by Crippen LogP contribution is -2.01. The molecule has 0 radical (unpaired) electrons. The first-order chi connectivity index (χ1) is 13.2. The van der Waals surface area contributed by atoms with Crippen molar-refractivity contribution < 1.29 is 9.84 Å².